The number of fused-ring (bicyclic) bond motifs is 1. The number of nitrogens with two attached hydrogens (primary N) is 1. The lowest BCUT2D eigenvalue weighted by atomic mass is 9.75. The fourth-order valence-corrected chi connectivity index (χ4v) is 2.90. The molecule has 2 N–H and O–H groups in total. The zero-order chi connectivity index (χ0) is 14.3. The first-order valence-electron chi connectivity index (χ1n) is 6.90. The summed E-state index contributed by atoms with van der Waals surface area (Å²) in [6, 6.07) is 3.71. The van der Waals surface area contributed by atoms with Gasteiger partial charge in [-0.1, -0.05) is 0 Å². The van der Waals surface area contributed by atoms with E-state index in [1.165, 1.54) is 19.3 Å². The van der Waals surface area contributed by atoms with Gasteiger partial charge in [0.1, 0.15) is 5.52 Å². The number of nitrogen functional groups attached to an aromatic ring is 1. The van der Waals surface area contributed by atoms with Gasteiger partial charge in [-0.15, -0.1) is 0 Å². The third-order valence-corrected chi connectivity index (χ3v) is 4.49. The maximum absolute atomic E-state index is 6.08. The van der Waals surface area contributed by atoms with Crippen LogP contribution in [0.4, 0.5) is 5.95 Å². The topological polar surface area (TPSA) is 69.2 Å². The van der Waals surface area contributed by atoms with Crippen molar-refractivity contribution in [1.29, 1.82) is 0 Å². The summed E-state index contributed by atoms with van der Waals surface area (Å²) in [6.07, 6.45) is 3.63. The number of rotatable bonds is 4. The average molecular weight is 275 g/mol. The Hall–Kier alpha value is -1.82. The summed E-state index contributed by atoms with van der Waals surface area (Å²) >= 11 is 0. The Labute approximate surface area is 118 Å². The third-order valence-electron chi connectivity index (χ3n) is 4.49. The predicted molar refractivity (Wildman–Crippen MR) is 78.8 cm³/mol. The molecule has 6 nitrogen and oxygen atoms in total. The highest BCUT2D eigenvalue weighted by Crippen LogP contribution is 2.38. The molecule has 3 rings (SSSR count). The van der Waals surface area contributed by atoms with Crippen molar-refractivity contribution in [2.45, 2.75) is 31.3 Å². The lowest BCUT2D eigenvalue weighted by Gasteiger charge is -2.47. The van der Waals surface area contributed by atoms with E-state index >= 15 is 0 Å². The van der Waals surface area contributed by atoms with Crippen LogP contribution >= 0.6 is 0 Å². The van der Waals surface area contributed by atoms with Gasteiger partial charge < -0.3 is 15.4 Å². The van der Waals surface area contributed by atoms with E-state index in [2.05, 4.69) is 29.0 Å². The zero-order valence-corrected chi connectivity index (χ0v) is 12.3. The van der Waals surface area contributed by atoms with Crippen molar-refractivity contribution in [2.24, 2.45) is 0 Å². The number of aromatic nitrogens is 3. The summed E-state index contributed by atoms with van der Waals surface area (Å²) in [5, 5.41) is 0. The minimum atomic E-state index is 0.173. The third kappa shape index (κ3) is 1.91. The summed E-state index contributed by atoms with van der Waals surface area (Å²) in [7, 11) is 5.87. The van der Waals surface area contributed by atoms with Crippen LogP contribution in [0.15, 0.2) is 12.1 Å². The molecule has 2 heterocycles. The Morgan fingerprint density at radius 1 is 1.35 bits per heavy atom. The van der Waals surface area contributed by atoms with Gasteiger partial charge in [0.05, 0.1) is 7.11 Å². The Bertz CT molecular complexity index is 630. The molecule has 1 aliphatic carbocycles. The molecule has 1 aliphatic rings. The minimum Gasteiger partial charge on any atom is -0.481 e. The maximum Gasteiger partial charge on any atom is 0.215 e. The van der Waals surface area contributed by atoms with Crippen molar-refractivity contribution in [2.75, 3.05) is 26.9 Å². The first-order valence-corrected chi connectivity index (χ1v) is 6.90. The lowest BCUT2D eigenvalue weighted by molar-refractivity contribution is 0.0439. The van der Waals surface area contributed by atoms with Crippen LogP contribution in [0.2, 0.25) is 0 Å². The summed E-state index contributed by atoms with van der Waals surface area (Å²) < 4.78 is 7.21. The molecule has 108 valence electrons. The van der Waals surface area contributed by atoms with E-state index in [9.17, 15) is 0 Å². The van der Waals surface area contributed by atoms with E-state index in [0.717, 1.165) is 17.7 Å². The van der Waals surface area contributed by atoms with Crippen molar-refractivity contribution in [1.82, 2.24) is 19.4 Å². The number of hydrogen-bond acceptors (Lipinski definition) is 5. The number of pyridine rings is 1. The minimum absolute atomic E-state index is 0.173. The van der Waals surface area contributed by atoms with E-state index in [0.29, 0.717) is 11.8 Å². The fraction of sp³-hybridized carbons (Fsp3) is 0.571. The largest absolute Gasteiger partial charge is 0.481 e. The highest BCUT2D eigenvalue weighted by atomic mass is 16.5. The lowest BCUT2D eigenvalue weighted by Crippen LogP contribution is -2.53. The number of anilines is 1. The van der Waals surface area contributed by atoms with E-state index in [1.54, 1.807) is 7.11 Å². The van der Waals surface area contributed by atoms with Crippen LogP contribution in [0, 0.1) is 0 Å². The van der Waals surface area contributed by atoms with Gasteiger partial charge in [-0.2, -0.15) is 4.98 Å². The second-order valence-electron chi connectivity index (χ2n) is 5.72. The molecule has 2 aromatic heterocycles. The molecule has 0 spiro atoms. The van der Waals surface area contributed by atoms with Crippen molar-refractivity contribution >= 4 is 17.1 Å². The van der Waals surface area contributed by atoms with Crippen LogP contribution in [0.25, 0.3) is 11.2 Å². The van der Waals surface area contributed by atoms with Crippen molar-refractivity contribution in [3.05, 3.63) is 12.1 Å². The Morgan fingerprint density at radius 3 is 2.65 bits per heavy atom. The average Bonchev–Trinajstić information content (AvgIpc) is 2.68. The van der Waals surface area contributed by atoms with E-state index < -0.39 is 0 Å². The van der Waals surface area contributed by atoms with Crippen LogP contribution in [0.1, 0.15) is 19.3 Å². The standard InChI is InChI=1S/C14H21N5O/c1-18(2)14(7-4-8-14)9-19-12-10(16-13(19)15)5-6-11(17-12)20-3/h5-6H,4,7-9H2,1-3H3,(H2,15,16). The Balaban J connectivity index is 2.04. The van der Waals surface area contributed by atoms with Crippen LogP contribution in [-0.4, -0.2) is 46.2 Å². The number of likely N-dealkylation sites (N-methyl/N-ethyl adjacent to an activating group) is 1. The molecule has 6 heteroatoms. The first kappa shape index (κ1) is 13.2. The van der Waals surface area contributed by atoms with Gasteiger partial charge in [0.2, 0.25) is 11.8 Å². The quantitative estimate of drug-likeness (QED) is 0.916. The highest BCUT2D eigenvalue weighted by molar-refractivity contribution is 5.74. The predicted octanol–water partition coefficient (Wildman–Crippen LogP) is 1.51. The van der Waals surface area contributed by atoms with Crippen molar-refractivity contribution < 1.29 is 4.74 Å². The summed E-state index contributed by atoms with van der Waals surface area (Å²) in [4.78, 5) is 11.2. The first-order chi connectivity index (χ1) is 9.55. The molecular weight excluding hydrogens is 254 g/mol. The smallest absolute Gasteiger partial charge is 0.215 e. The molecule has 0 aliphatic heterocycles. The monoisotopic (exact) mass is 275 g/mol. The normalized spacial score (nSPS) is 17.4. The molecule has 0 amide bonds. The zero-order valence-electron chi connectivity index (χ0n) is 12.3. The van der Waals surface area contributed by atoms with Gasteiger partial charge in [0, 0.05) is 18.2 Å². The molecule has 0 unspecified atom stereocenters. The SMILES string of the molecule is COc1ccc2nc(N)n(CC3(N(C)C)CCC3)c2n1. The van der Waals surface area contributed by atoms with Crippen LogP contribution in [0.5, 0.6) is 5.88 Å². The van der Waals surface area contributed by atoms with Crippen molar-refractivity contribution in [3.63, 3.8) is 0 Å². The van der Waals surface area contributed by atoms with E-state index in [4.69, 9.17) is 10.5 Å². The molecule has 0 radical (unpaired) electrons. The van der Waals surface area contributed by atoms with Crippen LogP contribution in [0.3, 0.4) is 0 Å². The fourth-order valence-electron chi connectivity index (χ4n) is 2.90. The van der Waals surface area contributed by atoms with Gasteiger partial charge in [0.15, 0.2) is 5.65 Å². The Morgan fingerprint density at radius 2 is 2.10 bits per heavy atom. The molecule has 2 aromatic rings. The number of imidazole rings is 1. The number of nitrogens with zero attached hydrogens (tertiary/aromatic N) is 4. The number of hydrogen-bond donors (Lipinski definition) is 1. The van der Waals surface area contributed by atoms with Gasteiger partial charge in [-0.25, -0.2) is 4.98 Å². The molecule has 0 atom stereocenters. The van der Waals surface area contributed by atoms with Gasteiger partial charge >= 0.3 is 0 Å². The molecule has 1 fully saturated rings. The molecule has 0 saturated heterocycles. The van der Waals surface area contributed by atoms with Gasteiger partial charge in [-0.3, -0.25) is 4.57 Å². The second kappa shape index (κ2) is 4.63. The number of ether oxygens (including phenoxy) is 1. The van der Waals surface area contributed by atoms with Crippen molar-refractivity contribution in [3.8, 4) is 5.88 Å². The van der Waals surface area contributed by atoms with E-state index in [-0.39, 0.29) is 5.54 Å². The molecular formula is C14H21N5O. The van der Waals surface area contributed by atoms with Crippen LogP contribution < -0.4 is 10.5 Å². The summed E-state index contributed by atoms with van der Waals surface area (Å²) in [5.74, 6) is 1.11. The summed E-state index contributed by atoms with van der Waals surface area (Å²) in [6.45, 7) is 0.822. The maximum atomic E-state index is 6.08. The van der Waals surface area contributed by atoms with Crippen LogP contribution in [-0.2, 0) is 6.54 Å². The highest BCUT2D eigenvalue weighted by Gasteiger charge is 2.40. The van der Waals surface area contributed by atoms with E-state index in [1.807, 2.05) is 16.7 Å². The second-order valence-corrected chi connectivity index (χ2v) is 5.72. The van der Waals surface area contributed by atoms with Gasteiger partial charge in [-0.05, 0) is 39.4 Å². The molecule has 0 aromatic carbocycles. The Kier molecular flexibility index (Phi) is 3.05. The molecule has 1 saturated carbocycles. The van der Waals surface area contributed by atoms with Gasteiger partial charge in [0.25, 0.3) is 0 Å². The summed E-state index contributed by atoms with van der Waals surface area (Å²) in [5.41, 5.74) is 7.87. The number of methoxy groups -OCH3 is 1. The molecule has 0 bridgehead atoms. The molecule has 20 heavy (non-hydrogen) atoms.